The summed E-state index contributed by atoms with van der Waals surface area (Å²) in [4.78, 5) is 17.4. The molecule has 0 saturated carbocycles. The fourth-order valence-corrected chi connectivity index (χ4v) is 2.83. The summed E-state index contributed by atoms with van der Waals surface area (Å²) in [5.41, 5.74) is 3.07. The Kier molecular flexibility index (Phi) is 3.64. The molecule has 0 amide bonds. The predicted molar refractivity (Wildman–Crippen MR) is 86.8 cm³/mol. The van der Waals surface area contributed by atoms with Crippen molar-refractivity contribution in [2.75, 3.05) is 0 Å². The molecule has 0 N–H and O–H groups in total. The largest absolute Gasteiger partial charge is 0.420 e. The smallest absolute Gasteiger partial charge is 0.408 e. The van der Waals surface area contributed by atoms with E-state index in [-0.39, 0.29) is 6.10 Å². The lowest BCUT2D eigenvalue weighted by molar-refractivity contribution is 0.0693. The first-order valence-corrected chi connectivity index (χ1v) is 7.92. The maximum absolute atomic E-state index is 12.0. The van der Waals surface area contributed by atoms with Crippen molar-refractivity contribution in [1.29, 1.82) is 0 Å². The lowest BCUT2D eigenvalue weighted by atomic mass is 10.1. The molecule has 0 aliphatic carbocycles. The molecule has 1 aliphatic rings. The maximum atomic E-state index is 12.0. The van der Waals surface area contributed by atoms with Crippen LogP contribution in [0.5, 0.6) is 0 Å². The van der Waals surface area contributed by atoms with Gasteiger partial charge in [-0.3, -0.25) is 4.57 Å². The van der Waals surface area contributed by atoms with Gasteiger partial charge in [0.25, 0.3) is 0 Å². The van der Waals surface area contributed by atoms with Crippen molar-refractivity contribution in [2.24, 2.45) is 5.16 Å². The third-order valence-electron chi connectivity index (χ3n) is 4.07. The van der Waals surface area contributed by atoms with Crippen LogP contribution in [0.4, 0.5) is 0 Å². The molecule has 24 heavy (non-hydrogen) atoms. The van der Waals surface area contributed by atoms with Gasteiger partial charge in [-0.15, -0.1) is 5.10 Å². The van der Waals surface area contributed by atoms with Gasteiger partial charge in [0.1, 0.15) is 5.69 Å². The van der Waals surface area contributed by atoms with Gasteiger partial charge in [-0.25, -0.2) is 9.48 Å². The molecule has 124 valence electrons. The van der Waals surface area contributed by atoms with E-state index < -0.39 is 5.76 Å². The van der Waals surface area contributed by atoms with Crippen LogP contribution in [0.1, 0.15) is 25.5 Å². The van der Waals surface area contributed by atoms with Crippen LogP contribution < -0.4 is 5.76 Å². The summed E-state index contributed by atoms with van der Waals surface area (Å²) >= 11 is 0. The number of para-hydroxylation sites is 2. The summed E-state index contributed by atoms with van der Waals surface area (Å²) in [6.07, 6.45) is 3.53. The van der Waals surface area contributed by atoms with E-state index in [2.05, 4.69) is 22.4 Å². The summed E-state index contributed by atoms with van der Waals surface area (Å²) in [6, 6.07) is 7.32. The van der Waals surface area contributed by atoms with Gasteiger partial charge in [0.15, 0.2) is 11.7 Å². The van der Waals surface area contributed by atoms with Gasteiger partial charge in [-0.2, -0.15) is 0 Å². The second-order valence-electron chi connectivity index (χ2n) is 5.80. The van der Waals surface area contributed by atoms with Gasteiger partial charge in [-0.05, 0) is 18.6 Å². The Morgan fingerprint density at radius 3 is 3.04 bits per heavy atom. The molecule has 1 unspecified atom stereocenters. The van der Waals surface area contributed by atoms with E-state index in [0.29, 0.717) is 24.4 Å². The Morgan fingerprint density at radius 2 is 2.21 bits per heavy atom. The number of hydrogen-bond acceptors (Lipinski definition) is 6. The zero-order valence-corrected chi connectivity index (χ0v) is 13.3. The van der Waals surface area contributed by atoms with Crippen LogP contribution in [0.25, 0.3) is 11.1 Å². The predicted octanol–water partition coefficient (Wildman–Crippen LogP) is 1.79. The van der Waals surface area contributed by atoms with Gasteiger partial charge < -0.3 is 9.25 Å². The number of aromatic nitrogens is 4. The molecule has 0 fully saturated rings. The molecule has 0 bridgehead atoms. The maximum Gasteiger partial charge on any atom is 0.420 e. The molecule has 0 spiro atoms. The normalized spacial score (nSPS) is 17.2. The number of fused-ring (bicyclic) bond motifs is 1. The standard InChI is InChI=1S/C16H17N5O3/c1-2-11-7-13(24-18-11)10-20-8-12(17-19-20)9-21-14-5-3-4-6-15(14)23-16(21)22/h3-6,8,13H,2,7,9-10H2,1H3. The fraction of sp³-hybridized carbons (Fsp3) is 0.375. The van der Waals surface area contributed by atoms with Crippen LogP contribution in [0.2, 0.25) is 0 Å². The fourth-order valence-electron chi connectivity index (χ4n) is 2.83. The van der Waals surface area contributed by atoms with Crippen molar-refractivity contribution in [3.05, 3.63) is 46.7 Å². The molecule has 3 aromatic rings. The minimum absolute atomic E-state index is 0.00743. The van der Waals surface area contributed by atoms with Crippen LogP contribution in [0, 0.1) is 0 Å². The minimum Gasteiger partial charge on any atom is -0.408 e. The SMILES string of the molecule is CCC1=NOC(Cn2cc(Cn3c(=O)oc4ccccc43)nn2)C1. The quantitative estimate of drug-likeness (QED) is 0.713. The van der Waals surface area contributed by atoms with Crippen LogP contribution in [0.15, 0.2) is 44.8 Å². The highest BCUT2D eigenvalue weighted by atomic mass is 16.6. The lowest BCUT2D eigenvalue weighted by Gasteiger charge is -2.06. The third-order valence-corrected chi connectivity index (χ3v) is 4.07. The molecule has 4 rings (SSSR count). The Bertz CT molecular complexity index is 952. The second kappa shape index (κ2) is 5.95. The van der Waals surface area contributed by atoms with E-state index in [1.807, 2.05) is 24.4 Å². The summed E-state index contributed by atoms with van der Waals surface area (Å²) in [5.74, 6) is -0.397. The van der Waals surface area contributed by atoms with Crippen molar-refractivity contribution in [3.8, 4) is 0 Å². The molecule has 1 aromatic carbocycles. The highest BCUT2D eigenvalue weighted by Crippen LogP contribution is 2.15. The van der Waals surface area contributed by atoms with E-state index in [0.717, 1.165) is 24.1 Å². The lowest BCUT2D eigenvalue weighted by Crippen LogP contribution is -2.17. The highest BCUT2D eigenvalue weighted by molar-refractivity contribution is 5.85. The van der Waals surface area contributed by atoms with Crippen molar-refractivity contribution in [3.63, 3.8) is 0 Å². The van der Waals surface area contributed by atoms with E-state index in [1.54, 1.807) is 15.3 Å². The first-order valence-electron chi connectivity index (χ1n) is 7.92. The van der Waals surface area contributed by atoms with Gasteiger partial charge in [0.05, 0.1) is 30.5 Å². The summed E-state index contributed by atoms with van der Waals surface area (Å²) in [6.45, 7) is 2.96. The van der Waals surface area contributed by atoms with Crippen LogP contribution in [-0.4, -0.2) is 31.4 Å². The van der Waals surface area contributed by atoms with Gasteiger partial charge in [-0.1, -0.05) is 29.4 Å². The summed E-state index contributed by atoms with van der Waals surface area (Å²) in [5, 5.41) is 12.3. The average molecular weight is 327 g/mol. The summed E-state index contributed by atoms with van der Waals surface area (Å²) in [7, 11) is 0. The van der Waals surface area contributed by atoms with E-state index >= 15 is 0 Å². The molecule has 0 radical (unpaired) electrons. The molecule has 1 atom stereocenters. The topological polar surface area (TPSA) is 87.4 Å². The van der Waals surface area contributed by atoms with Gasteiger partial charge in [0, 0.05) is 6.42 Å². The molecule has 0 saturated heterocycles. The number of rotatable bonds is 5. The number of oxazole rings is 1. The van der Waals surface area contributed by atoms with Crippen LogP contribution in [-0.2, 0) is 17.9 Å². The van der Waals surface area contributed by atoms with Crippen molar-refractivity contribution >= 4 is 16.8 Å². The van der Waals surface area contributed by atoms with Crippen molar-refractivity contribution in [1.82, 2.24) is 19.6 Å². The van der Waals surface area contributed by atoms with Gasteiger partial charge >= 0.3 is 5.76 Å². The summed E-state index contributed by atoms with van der Waals surface area (Å²) < 4.78 is 8.50. The molecule has 2 aromatic heterocycles. The van der Waals surface area contributed by atoms with Crippen molar-refractivity contribution in [2.45, 2.75) is 39.0 Å². The Morgan fingerprint density at radius 1 is 1.33 bits per heavy atom. The first-order chi connectivity index (χ1) is 11.7. The third kappa shape index (κ3) is 2.70. The Balaban J connectivity index is 1.49. The Labute approximate surface area is 137 Å². The Hall–Kier alpha value is -2.90. The average Bonchev–Trinajstić information content (AvgIpc) is 3.29. The van der Waals surface area contributed by atoms with E-state index in [4.69, 9.17) is 9.25 Å². The second-order valence-corrected chi connectivity index (χ2v) is 5.80. The minimum atomic E-state index is -0.397. The number of nitrogens with zero attached hydrogens (tertiary/aromatic N) is 5. The molecule has 8 nitrogen and oxygen atoms in total. The molecule has 1 aliphatic heterocycles. The first kappa shape index (κ1) is 14.7. The number of benzene rings is 1. The van der Waals surface area contributed by atoms with Crippen LogP contribution >= 0.6 is 0 Å². The van der Waals surface area contributed by atoms with E-state index in [1.165, 1.54) is 0 Å². The van der Waals surface area contributed by atoms with Crippen LogP contribution in [0.3, 0.4) is 0 Å². The molecule has 3 heterocycles. The zero-order chi connectivity index (χ0) is 16.5. The monoisotopic (exact) mass is 327 g/mol. The molecule has 8 heteroatoms. The molecular formula is C16H17N5O3. The highest BCUT2D eigenvalue weighted by Gasteiger charge is 2.21. The number of hydrogen-bond donors (Lipinski definition) is 0. The molecular weight excluding hydrogens is 310 g/mol. The van der Waals surface area contributed by atoms with Crippen molar-refractivity contribution < 1.29 is 9.25 Å². The van der Waals surface area contributed by atoms with Gasteiger partial charge in [0.2, 0.25) is 0 Å². The van der Waals surface area contributed by atoms with E-state index in [9.17, 15) is 4.79 Å². The zero-order valence-electron chi connectivity index (χ0n) is 13.3. The number of oxime groups is 1.